The fourth-order valence-corrected chi connectivity index (χ4v) is 4.23. The number of aromatic nitrogens is 1. The molecule has 0 spiro atoms. The summed E-state index contributed by atoms with van der Waals surface area (Å²) >= 11 is 0. The summed E-state index contributed by atoms with van der Waals surface area (Å²) in [5, 5.41) is 2.48. The Morgan fingerprint density at radius 3 is 2.39 bits per heavy atom. The lowest BCUT2D eigenvalue weighted by molar-refractivity contribution is 0.284. The number of methoxy groups -OCH3 is 1. The highest BCUT2D eigenvalue weighted by Crippen LogP contribution is 2.32. The predicted octanol–water partition coefficient (Wildman–Crippen LogP) is 7.15. The molecule has 1 aromatic heterocycles. The molecule has 0 fully saturated rings. The Morgan fingerprint density at radius 1 is 0.788 bits per heavy atom. The SMILES string of the molecule is CCn1c2ccccc2c2cc(N=Cc3ccc(OC)c(OCc4ccccc4)c3)ccc21. The monoisotopic (exact) mass is 434 g/mol. The zero-order valence-electron chi connectivity index (χ0n) is 18.9. The summed E-state index contributed by atoms with van der Waals surface area (Å²) in [6.45, 7) is 3.60. The lowest BCUT2D eigenvalue weighted by atomic mass is 10.1. The standard InChI is InChI=1S/C29H26N2O2/c1-3-31-26-12-8-7-11-24(26)25-18-23(14-15-27(25)31)30-19-22-13-16-28(32-2)29(17-22)33-20-21-9-5-4-6-10-21/h4-19H,3,20H2,1-2H3. The Kier molecular flexibility index (Phi) is 5.81. The van der Waals surface area contributed by atoms with Gasteiger partial charge in [0, 0.05) is 34.6 Å². The molecule has 5 aromatic rings. The van der Waals surface area contributed by atoms with Crippen molar-refractivity contribution in [3.8, 4) is 11.5 Å². The third-order valence-electron chi connectivity index (χ3n) is 5.86. The zero-order valence-corrected chi connectivity index (χ0v) is 18.9. The van der Waals surface area contributed by atoms with Gasteiger partial charge < -0.3 is 14.0 Å². The third kappa shape index (κ3) is 4.20. The van der Waals surface area contributed by atoms with Gasteiger partial charge in [-0.15, -0.1) is 0 Å². The molecule has 0 radical (unpaired) electrons. The molecule has 0 N–H and O–H groups in total. The van der Waals surface area contributed by atoms with E-state index in [1.807, 2.05) is 54.7 Å². The van der Waals surface area contributed by atoms with Gasteiger partial charge in [0.25, 0.3) is 0 Å². The van der Waals surface area contributed by atoms with Gasteiger partial charge in [0.15, 0.2) is 11.5 Å². The largest absolute Gasteiger partial charge is 0.493 e. The number of para-hydroxylation sites is 1. The van der Waals surface area contributed by atoms with Crippen LogP contribution in [0.3, 0.4) is 0 Å². The number of aryl methyl sites for hydroxylation is 1. The zero-order chi connectivity index (χ0) is 22.6. The molecule has 4 aromatic carbocycles. The molecular formula is C29H26N2O2. The van der Waals surface area contributed by atoms with Gasteiger partial charge in [-0.25, -0.2) is 0 Å². The second kappa shape index (κ2) is 9.21. The van der Waals surface area contributed by atoms with Gasteiger partial charge in [-0.2, -0.15) is 0 Å². The van der Waals surface area contributed by atoms with Crippen molar-refractivity contribution in [1.82, 2.24) is 4.57 Å². The Morgan fingerprint density at radius 2 is 1.58 bits per heavy atom. The molecule has 0 aliphatic carbocycles. The molecule has 0 atom stereocenters. The van der Waals surface area contributed by atoms with Crippen LogP contribution in [0, 0.1) is 0 Å². The summed E-state index contributed by atoms with van der Waals surface area (Å²) in [6, 6.07) is 30.9. The molecule has 5 rings (SSSR count). The van der Waals surface area contributed by atoms with Gasteiger partial charge in [-0.05, 0) is 60.5 Å². The average Bonchev–Trinajstić information content (AvgIpc) is 3.20. The molecule has 0 unspecified atom stereocenters. The van der Waals surface area contributed by atoms with Crippen LogP contribution in [-0.4, -0.2) is 17.9 Å². The minimum Gasteiger partial charge on any atom is -0.493 e. The summed E-state index contributed by atoms with van der Waals surface area (Å²) in [5.41, 5.74) is 5.47. The van der Waals surface area contributed by atoms with Crippen molar-refractivity contribution >= 4 is 33.7 Å². The van der Waals surface area contributed by atoms with Crippen LogP contribution >= 0.6 is 0 Å². The summed E-state index contributed by atoms with van der Waals surface area (Å²) < 4.78 is 13.9. The van der Waals surface area contributed by atoms with E-state index >= 15 is 0 Å². The number of hydrogen-bond donors (Lipinski definition) is 0. The van der Waals surface area contributed by atoms with Crippen LogP contribution in [0.25, 0.3) is 21.8 Å². The maximum Gasteiger partial charge on any atom is 0.162 e. The van der Waals surface area contributed by atoms with E-state index in [1.54, 1.807) is 7.11 Å². The molecule has 0 bridgehead atoms. The quantitative estimate of drug-likeness (QED) is 0.255. The molecule has 0 saturated carbocycles. The first-order valence-corrected chi connectivity index (χ1v) is 11.2. The number of benzene rings is 4. The molecule has 33 heavy (non-hydrogen) atoms. The van der Waals surface area contributed by atoms with Gasteiger partial charge in [0.1, 0.15) is 6.61 Å². The molecule has 0 saturated heterocycles. The highest BCUT2D eigenvalue weighted by molar-refractivity contribution is 6.09. The van der Waals surface area contributed by atoms with Crippen molar-refractivity contribution in [3.05, 3.63) is 102 Å². The average molecular weight is 435 g/mol. The number of aliphatic imine (C=N–C) groups is 1. The van der Waals surface area contributed by atoms with Crippen LogP contribution in [0.4, 0.5) is 5.69 Å². The summed E-state index contributed by atoms with van der Waals surface area (Å²) in [4.78, 5) is 4.75. The molecule has 164 valence electrons. The van der Waals surface area contributed by atoms with Crippen LogP contribution in [0.5, 0.6) is 11.5 Å². The predicted molar refractivity (Wildman–Crippen MR) is 136 cm³/mol. The molecule has 0 aliphatic heterocycles. The Bertz CT molecular complexity index is 1430. The molecule has 0 amide bonds. The molecule has 4 heteroatoms. The van der Waals surface area contributed by atoms with E-state index in [2.05, 4.69) is 54.0 Å². The maximum atomic E-state index is 6.04. The molecular weight excluding hydrogens is 408 g/mol. The van der Waals surface area contributed by atoms with Gasteiger partial charge >= 0.3 is 0 Å². The van der Waals surface area contributed by atoms with Gasteiger partial charge in [0.05, 0.1) is 12.8 Å². The van der Waals surface area contributed by atoms with E-state index in [9.17, 15) is 0 Å². The lowest BCUT2D eigenvalue weighted by Gasteiger charge is -2.11. The second-order valence-electron chi connectivity index (χ2n) is 7.91. The number of nitrogens with zero attached hydrogens (tertiary/aromatic N) is 2. The minimum atomic E-state index is 0.482. The van der Waals surface area contributed by atoms with Gasteiger partial charge in [-0.1, -0.05) is 48.5 Å². The molecule has 0 aliphatic rings. The van der Waals surface area contributed by atoms with Crippen LogP contribution < -0.4 is 9.47 Å². The van der Waals surface area contributed by atoms with E-state index in [0.717, 1.165) is 23.4 Å². The van der Waals surface area contributed by atoms with Crippen molar-refractivity contribution in [2.75, 3.05) is 7.11 Å². The van der Waals surface area contributed by atoms with E-state index < -0.39 is 0 Å². The van der Waals surface area contributed by atoms with Crippen LogP contribution in [0.15, 0.2) is 96.0 Å². The first-order valence-electron chi connectivity index (χ1n) is 11.2. The first-order chi connectivity index (χ1) is 16.3. The smallest absolute Gasteiger partial charge is 0.162 e. The van der Waals surface area contributed by atoms with Crippen molar-refractivity contribution in [2.24, 2.45) is 4.99 Å². The Balaban J connectivity index is 1.43. The lowest BCUT2D eigenvalue weighted by Crippen LogP contribution is -1.98. The van der Waals surface area contributed by atoms with Gasteiger partial charge in [-0.3, -0.25) is 4.99 Å². The van der Waals surface area contributed by atoms with Crippen molar-refractivity contribution in [3.63, 3.8) is 0 Å². The molecule has 1 heterocycles. The Hall–Kier alpha value is -4.05. The van der Waals surface area contributed by atoms with Crippen molar-refractivity contribution < 1.29 is 9.47 Å². The summed E-state index contributed by atoms with van der Waals surface area (Å²) in [7, 11) is 1.65. The minimum absolute atomic E-state index is 0.482. The second-order valence-corrected chi connectivity index (χ2v) is 7.91. The molecule has 4 nitrogen and oxygen atoms in total. The van der Waals surface area contributed by atoms with Gasteiger partial charge in [0.2, 0.25) is 0 Å². The number of hydrogen-bond acceptors (Lipinski definition) is 3. The van der Waals surface area contributed by atoms with E-state index in [4.69, 9.17) is 14.5 Å². The number of rotatable bonds is 7. The third-order valence-corrected chi connectivity index (χ3v) is 5.86. The number of fused-ring (bicyclic) bond motifs is 3. The summed E-state index contributed by atoms with van der Waals surface area (Å²) in [6.07, 6.45) is 1.87. The topological polar surface area (TPSA) is 35.8 Å². The summed E-state index contributed by atoms with van der Waals surface area (Å²) in [5.74, 6) is 1.41. The fraction of sp³-hybridized carbons (Fsp3) is 0.138. The number of ether oxygens (including phenoxy) is 2. The maximum absolute atomic E-state index is 6.04. The van der Waals surface area contributed by atoms with Crippen molar-refractivity contribution in [1.29, 1.82) is 0 Å². The highest BCUT2D eigenvalue weighted by atomic mass is 16.5. The van der Waals surface area contributed by atoms with Crippen LogP contribution in [0.1, 0.15) is 18.1 Å². The van der Waals surface area contributed by atoms with E-state index in [0.29, 0.717) is 18.1 Å². The van der Waals surface area contributed by atoms with E-state index in [-0.39, 0.29) is 0 Å². The normalized spacial score (nSPS) is 11.5. The first kappa shape index (κ1) is 20.8. The van der Waals surface area contributed by atoms with Crippen LogP contribution in [0.2, 0.25) is 0 Å². The van der Waals surface area contributed by atoms with Crippen molar-refractivity contribution in [2.45, 2.75) is 20.1 Å². The van der Waals surface area contributed by atoms with E-state index in [1.165, 1.54) is 21.8 Å². The van der Waals surface area contributed by atoms with Crippen LogP contribution in [-0.2, 0) is 13.2 Å². The highest BCUT2D eigenvalue weighted by Gasteiger charge is 2.10. The fourth-order valence-electron chi connectivity index (χ4n) is 4.23. The Labute approximate surface area is 193 Å².